The Morgan fingerprint density at radius 3 is 2.65 bits per heavy atom. The lowest BCUT2D eigenvalue weighted by atomic mass is 10.1. The number of hydrogen-bond acceptors (Lipinski definition) is 3. The van der Waals surface area contributed by atoms with Crippen LogP contribution in [-0.2, 0) is 11.8 Å². The van der Waals surface area contributed by atoms with Crippen LogP contribution in [0, 0.1) is 12.7 Å². The molecule has 106 valence electrons. The number of rotatable bonds is 3. The number of nitrogens with two attached hydrogens (primary N) is 1. The van der Waals surface area contributed by atoms with E-state index in [4.69, 9.17) is 10.5 Å². The summed E-state index contributed by atoms with van der Waals surface area (Å²) in [7, 11) is 1.75. The highest BCUT2D eigenvalue weighted by Gasteiger charge is 2.24. The highest BCUT2D eigenvalue weighted by Crippen LogP contribution is 2.34. The molecule has 0 bridgehead atoms. The molecular formula is C15H17FN2O2. The summed E-state index contributed by atoms with van der Waals surface area (Å²) in [6, 6.07) is 6.33. The van der Waals surface area contributed by atoms with Crippen molar-refractivity contribution < 1.29 is 13.9 Å². The predicted molar refractivity (Wildman–Crippen MR) is 75.9 cm³/mol. The summed E-state index contributed by atoms with van der Waals surface area (Å²) in [5.74, 6) is -0.865. The lowest BCUT2D eigenvalue weighted by Crippen LogP contribution is -2.08. The van der Waals surface area contributed by atoms with Crippen molar-refractivity contribution in [3.8, 4) is 11.3 Å². The quantitative estimate of drug-likeness (QED) is 0.877. The van der Waals surface area contributed by atoms with Crippen molar-refractivity contribution in [2.45, 2.75) is 13.8 Å². The van der Waals surface area contributed by atoms with Crippen LogP contribution < -0.4 is 5.73 Å². The minimum atomic E-state index is -0.485. The zero-order valence-electron chi connectivity index (χ0n) is 11.7. The molecule has 0 spiro atoms. The van der Waals surface area contributed by atoms with E-state index in [1.165, 1.54) is 6.07 Å². The van der Waals surface area contributed by atoms with E-state index in [9.17, 15) is 9.18 Å². The molecule has 1 heterocycles. The van der Waals surface area contributed by atoms with E-state index < -0.39 is 5.97 Å². The molecular weight excluding hydrogens is 259 g/mol. The number of ether oxygens (including phenoxy) is 1. The van der Waals surface area contributed by atoms with Crippen molar-refractivity contribution in [1.29, 1.82) is 0 Å². The molecule has 0 aliphatic carbocycles. The van der Waals surface area contributed by atoms with Gasteiger partial charge >= 0.3 is 5.97 Å². The van der Waals surface area contributed by atoms with Crippen molar-refractivity contribution in [3.63, 3.8) is 0 Å². The normalized spacial score (nSPS) is 10.6. The van der Waals surface area contributed by atoms with Crippen LogP contribution in [0.5, 0.6) is 0 Å². The summed E-state index contributed by atoms with van der Waals surface area (Å²) in [6.45, 7) is 3.75. The smallest absolute Gasteiger partial charge is 0.342 e. The minimum absolute atomic E-state index is 0.244. The summed E-state index contributed by atoms with van der Waals surface area (Å²) in [5, 5.41) is 0. The second-order valence-corrected chi connectivity index (χ2v) is 4.48. The Hall–Kier alpha value is -2.30. The van der Waals surface area contributed by atoms with Crippen LogP contribution in [0.3, 0.4) is 0 Å². The fourth-order valence-electron chi connectivity index (χ4n) is 2.27. The molecule has 0 radical (unpaired) electrons. The highest BCUT2D eigenvalue weighted by atomic mass is 19.1. The van der Waals surface area contributed by atoms with Gasteiger partial charge in [0, 0.05) is 18.3 Å². The topological polar surface area (TPSA) is 57.2 Å². The molecule has 0 atom stereocenters. The molecule has 0 aliphatic heterocycles. The van der Waals surface area contributed by atoms with Gasteiger partial charge in [-0.3, -0.25) is 0 Å². The van der Waals surface area contributed by atoms with Crippen LogP contribution >= 0.6 is 0 Å². The Kier molecular flexibility index (Phi) is 3.79. The van der Waals surface area contributed by atoms with Gasteiger partial charge in [-0.15, -0.1) is 0 Å². The number of aromatic nitrogens is 1. The highest BCUT2D eigenvalue weighted by molar-refractivity contribution is 6.01. The van der Waals surface area contributed by atoms with Gasteiger partial charge in [0.1, 0.15) is 11.4 Å². The molecule has 0 unspecified atom stereocenters. The van der Waals surface area contributed by atoms with Gasteiger partial charge in [-0.05, 0) is 26.0 Å². The number of halogens is 1. The third-order valence-corrected chi connectivity index (χ3v) is 3.33. The van der Waals surface area contributed by atoms with Gasteiger partial charge in [0.2, 0.25) is 0 Å². The van der Waals surface area contributed by atoms with E-state index >= 15 is 0 Å². The summed E-state index contributed by atoms with van der Waals surface area (Å²) in [4.78, 5) is 12.0. The number of anilines is 1. The lowest BCUT2D eigenvalue weighted by Gasteiger charge is -2.07. The van der Waals surface area contributed by atoms with Gasteiger partial charge in [-0.2, -0.15) is 0 Å². The van der Waals surface area contributed by atoms with Gasteiger partial charge in [0.25, 0.3) is 0 Å². The fourth-order valence-corrected chi connectivity index (χ4v) is 2.27. The molecule has 0 saturated heterocycles. The van der Waals surface area contributed by atoms with Crippen LogP contribution in [0.1, 0.15) is 23.0 Å². The van der Waals surface area contributed by atoms with Crippen LogP contribution in [0.15, 0.2) is 24.3 Å². The van der Waals surface area contributed by atoms with E-state index in [0.717, 1.165) is 0 Å². The Balaban J connectivity index is 2.65. The van der Waals surface area contributed by atoms with Crippen LogP contribution in [0.25, 0.3) is 11.3 Å². The van der Waals surface area contributed by atoms with E-state index in [1.54, 1.807) is 43.7 Å². The maximum absolute atomic E-state index is 13.9. The van der Waals surface area contributed by atoms with Crippen LogP contribution in [-0.4, -0.2) is 17.1 Å². The number of nitrogen functional groups attached to an aromatic ring is 1. The first-order chi connectivity index (χ1) is 9.49. The molecule has 1 aromatic carbocycles. The van der Waals surface area contributed by atoms with Gasteiger partial charge in [0.05, 0.1) is 18.0 Å². The van der Waals surface area contributed by atoms with Crippen molar-refractivity contribution in [1.82, 2.24) is 4.57 Å². The second kappa shape index (κ2) is 5.36. The Bertz CT molecular complexity index is 662. The van der Waals surface area contributed by atoms with E-state index in [0.29, 0.717) is 22.5 Å². The maximum atomic E-state index is 13.9. The molecule has 0 aliphatic rings. The fraction of sp³-hybridized carbons (Fsp3) is 0.267. The van der Waals surface area contributed by atoms with E-state index in [2.05, 4.69) is 0 Å². The number of nitrogens with zero attached hydrogens (tertiary/aromatic N) is 1. The van der Waals surface area contributed by atoms with Gasteiger partial charge in [0.15, 0.2) is 0 Å². The van der Waals surface area contributed by atoms with Gasteiger partial charge < -0.3 is 15.0 Å². The molecule has 2 N–H and O–H groups in total. The first kappa shape index (κ1) is 14.1. The van der Waals surface area contributed by atoms with Gasteiger partial charge in [-0.25, -0.2) is 9.18 Å². The minimum Gasteiger partial charge on any atom is -0.462 e. The molecule has 1 aromatic heterocycles. The molecule has 2 rings (SSSR count). The number of hydrogen-bond donors (Lipinski definition) is 1. The van der Waals surface area contributed by atoms with Crippen molar-refractivity contribution in [3.05, 3.63) is 41.3 Å². The zero-order valence-corrected chi connectivity index (χ0v) is 11.7. The first-order valence-electron chi connectivity index (χ1n) is 6.35. The maximum Gasteiger partial charge on any atom is 0.342 e. The summed E-state index contributed by atoms with van der Waals surface area (Å²) in [6.07, 6.45) is 0. The van der Waals surface area contributed by atoms with Crippen molar-refractivity contribution in [2.75, 3.05) is 12.3 Å². The van der Waals surface area contributed by atoms with Crippen LogP contribution in [0.2, 0.25) is 0 Å². The Morgan fingerprint density at radius 2 is 2.05 bits per heavy atom. The molecule has 20 heavy (non-hydrogen) atoms. The average Bonchev–Trinajstić information content (AvgIpc) is 2.62. The van der Waals surface area contributed by atoms with Crippen molar-refractivity contribution in [2.24, 2.45) is 7.05 Å². The third-order valence-electron chi connectivity index (χ3n) is 3.33. The summed E-state index contributed by atoms with van der Waals surface area (Å²) in [5.41, 5.74) is 8.10. The lowest BCUT2D eigenvalue weighted by molar-refractivity contribution is 0.0526. The SMILES string of the molecule is CCOC(=O)c1c(N)c(-c2ccccc2F)n(C)c1C. The van der Waals surface area contributed by atoms with Crippen molar-refractivity contribution >= 4 is 11.7 Å². The summed E-state index contributed by atoms with van der Waals surface area (Å²) < 4.78 is 20.6. The molecule has 0 fully saturated rings. The Labute approximate surface area is 117 Å². The molecule has 0 saturated carbocycles. The second-order valence-electron chi connectivity index (χ2n) is 4.48. The summed E-state index contributed by atoms with van der Waals surface area (Å²) >= 11 is 0. The molecule has 4 nitrogen and oxygen atoms in total. The van der Waals surface area contributed by atoms with E-state index in [-0.39, 0.29) is 18.1 Å². The molecule has 2 aromatic rings. The predicted octanol–water partition coefficient (Wildman–Crippen LogP) is 2.90. The number of esters is 1. The standard InChI is InChI=1S/C15H17FN2O2/c1-4-20-15(19)12-9(2)18(3)14(13(12)17)10-7-5-6-8-11(10)16/h5-8H,4,17H2,1-3H3. The largest absolute Gasteiger partial charge is 0.462 e. The monoisotopic (exact) mass is 276 g/mol. The molecule has 0 amide bonds. The third kappa shape index (κ3) is 2.15. The van der Waals surface area contributed by atoms with Gasteiger partial charge in [-0.1, -0.05) is 12.1 Å². The zero-order chi connectivity index (χ0) is 14.9. The first-order valence-corrected chi connectivity index (χ1v) is 6.35. The Morgan fingerprint density at radius 1 is 1.40 bits per heavy atom. The average molecular weight is 276 g/mol. The number of carbonyl (C=O) groups excluding carboxylic acids is 1. The van der Waals surface area contributed by atoms with Crippen LogP contribution in [0.4, 0.5) is 10.1 Å². The van der Waals surface area contributed by atoms with E-state index in [1.807, 2.05) is 0 Å². The number of benzene rings is 1. The molecule has 5 heteroatoms. The number of carbonyl (C=O) groups is 1.